The maximum Gasteiger partial charge on any atom is 0.119 e. The van der Waals surface area contributed by atoms with Crippen LogP contribution in [0.4, 0.5) is 11.4 Å². The molecule has 4 rings (SSSR count). The van der Waals surface area contributed by atoms with E-state index in [0.717, 1.165) is 35.6 Å². The van der Waals surface area contributed by atoms with Crippen molar-refractivity contribution in [1.82, 2.24) is 4.57 Å². The van der Waals surface area contributed by atoms with Gasteiger partial charge in [-0.05, 0) is 66.9 Å². The highest BCUT2D eigenvalue weighted by Gasteiger charge is 2.11. The van der Waals surface area contributed by atoms with Crippen LogP contribution in [0.25, 0.3) is 10.9 Å². The molecule has 4 aromatic rings. The number of aromatic nitrogens is 1. The van der Waals surface area contributed by atoms with Gasteiger partial charge in [0.1, 0.15) is 5.75 Å². The van der Waals surface area contributed by atoms with Crippen LogP contribution in [0.15, 0.2) is 72.8 Å². The van der Waals surface area contributed by atoms with E-state index < -0.39 is 0 Å². The van der Waals surface area contributed by atoms with E-state index in [1.165, 1.54) is 27.7 Å². The van der Waals surface area contributed by atoms with Gasteiger partial charge in [-0.1, -0.05) is 35.4 Å². The largest absolute Gasteiger partial charge is 0.497 e. The maximum atomic E-state index is 7.32. The van der Waals surface area contributed by atoms with E-state index in [4.69, 9.17) is 9.99 Å². The fraction of sp³-hybridized carbons (Fsp3) is 0.200. The topological polar surface area (TPSA) is 64.9 Å². The van der Waals surface area contributed by atoms with Crippen LogP contribution in [0.2, 0.25) is 0 Å². The number of fused-ring (bicyclic) bond motifs is 1. The first-order chi connectivity index (χ1) is 15.6. The number of nitrogens with one attached hydrogen (secondary N) is 1. The molecular formula is C25H28N2O4S. The smallest absolute Gasteiger partial charge is 0.119 e. The molecule has 0 fully saturated rings. The summed E-state index contributed by atoms with van der Waals surface area (Å²) < 4.78 is 11.3. The van der Waals surface area contributed by atoms with Crippen molar-refractivity contribution < 1.29 is 19.4 Å². The Bertz CT molecular complexity index is 1120. The minimum Gasteiger partial charge on any atom is -0.497 e. The predicted octanol–water partition coefficient (Wildman–Crippen LogP) is 6.52. The van der Waals surface area contributed by atoms with Crippen molar-refractivity contribution in [2.75, 3.05) is 18.7 Å². The average molecular weight is 453 g/mol. The minimum absolute atomic E-state index is 0.862. The number of para-hydroxylation sites is 1. The second-order valence-corrected chi connectivity index (χ2v) is 7.65. The van der Waals surface area contributed by atoms with Crippen LogP contribution in [-0.2, 0) is 22.8 Å². The molecular weight excluding hydrogens is 424 g/mol. The highest BCUT2D eigenvalue weighted by Crippen LogP contribution is 2.28. The van der Waals surface area contributed by atoms with Gasteiger partial charge < -0.3 is 14.6 Å². The van der Waals surface area contributed by atoms with Crippen LogP contribution < -0.4 is 10.1 Å². The molecule has 0 saturated heterocycles. The van der Waals surface area contributed by atoms with E-state index in [9.17, 15) is 0 Å². The molecule has 168 valence electrons. The van der Waals surface area contributed by atoms with Crippen LogP contribution in [-0.4, -0.2) is 23.2 Å². The summed E-state index contributed by atoms with van der Waals surface area (Å²) in [6, 6.07) is 25.3. The molecule has 0 aliphatic heterocycles. The molecule has 0 amide bonds. The normalized spacial score (nSPS) is 10.5. The monoisotopic (exact) mass is 452 g/mol. The van der Waals surface area contributed by atoms with Gasteiger partial charge in [-0.25, -0.2) is 5.26 Å². The summed E-state index contributed by atoms with van der Waals surface area (Å²) in [4.78, 5) is 0. The molecule has 0 aliphatic rings. The molecule has 1 aromatic heterocycles. The summed E-state index contributed by atoms with van der Waals surface area (Å²) in [5.74, 6) is 0.862. The van der Waals surface area contributed by atoms with E-state index in [2.05, 4.69) is 81.8 Å². The summed E-state index contributed by atoms with van der Waals surface area (Å²) in [6.07, 6.45) is 2.56. The zero-order valence-corrected chi connectivity index (χ0v) is 19.5. The van der Waals surface area contributed by atoms with Crippen molar-refractivity contribution in [3.8, 4) is 5.75 Å². The quantitative estimate of drug-likeness (QED) is 0.189. The predicted molar refractivity (Wildman–Crippen MR) is 131 cm³/mol. The summed E-state index contributed by atoms with van der Waals surface area (Å²) in [7, 11) is 3.82. The average Bonchev–Trinajstić information content (AvgIpc) is 3.07. The zero-order valence-electron chi connectivity index (χ0n) is 18.7. The summed E-state index contributed by atoms with van der Waals surface area (Å²) >= 11 is 0.929. The Morgan fingerprint density at radius 1 is 0.938 bits per heavy atom. The van der Waals surface area contributed by atoms with Gasteiger partial charge >= 0.3 is 0 Å². The fourth-order valence-electron chi connectivity index (χ4n) is 3.60. The Balaban J connectivity index is 0.000000523. The molecule has 3 aromatic carbocycles. The van der Waals surface area contributed by atoms with Crippen molar-refractivity contribution >= 4 is 34.3 Å². The van der Waals surface area contributed by atoms with E-state index in [0.29, 0.717) is 0 Å². The highest BCUT2D eigenvalue weighted by atomic mass is 32.2. The molecule has 0 atom stereocenters. The highest BCUT2D eigenvalue weighted by molar-refractivity contribution is 7.93. The molecule has 2 N–H and O–H groups in total. The number of anilines is 2. The summed E-state index contributed by atoms with van der Waals surface area (Å²) in [6.45, 7) is 2.20. The molecule has 0 bridgehead atoms. The summed E-state index contributed by atoms with van der Waals surface area (Å²) in [5, 5.41) is 15.3. The number of hydrogen-bond donors (Lipinski definition) is 2. The Morgan fingerprint density at radius 3 is 2.12 bits per heavy atom. The van der Waals surface area contributed by atoms with Gasteiger partial charge in [0.15, 0.2) is 0 Å². The number of ether oxygens (including phenoxy) is 1. The van der Waals surface area contributed by atoms with Crippen molar-refractivity contribution in [2.24, 2.45) is 7.05 Å². The number of aryl methyl sites for hydroxylation is 1. The Kier molecular flexibility index (Phi) is 8.58. The third-order valence-corrected chi connectivity index (χ3v) is 5.54. The number of methoxy groups -OCH3 is 1. The standard InChI is InChI=1S/C24H24N2O.CH4O3S/c1-17-23(22-6-4-5-7-24(22)26(17)2)16-18-8-10-19(11-9-18)25-20-12-14-21(27-3)15-13-20;1-5-4-3-2/h4-15,25H,16H2,1-3H3;2H,1H3. The van der Waals surface area contributed by atoms with Crippen LogP contribution in [0.5, 0.6) is 5.75 Å². The number of hydrogen-bond acceptors (Lipinski definition) is 6. The zero-order chi connectivity index (χ0) is 22.9. The van der Waals surface area contributed by atoms with E-state index >= 15 is 0 Å². The Labute approximate surface area is 192 Å². The van der Waals surface area contributed by atoms with Crippen molar-refractivity contribution in [2.45, 2.75) is 13.3 Å². The van der Waals surface area contributed by atoms with Crippen LogP contribution in [0, 0.1) is 6.92 Å². The van der Waals surface area contributed by atoms with Gasteiger partial charge in [0.05, 0.1) is 7.11 Å². The van der Waals surface area contributed by atoms with Crippen molar-refractivity contribution in [3.63, 3.8) is 0 Å². The molecule has 0 unspecified atom stereocenters. The maximum absolute atomic E-state index is 7.32. The summed E-state index contributed by atoms with van der Waals surface area (Å²) in [5.41, 5.74) is 7.48. The molecule has 0 aliphatic carbocycles. The lowest BCUT2D eigenvalue weighted by atomic mass is 10.0. The minimum atomic E-state index is 0.862. The van der Waals surface area contributed by atoms with E-state index in [1.807, 2.05) is 24.3 Å². The lowest BCUT2D eigenvalue weighted by Gasteiger charge is -2.09. The van der Waals surface area contributed by atoms with Crippen LogP contribution in [0.3, 0.4) is 0 Å². The van der Waals surface area contributed by atoms with Crippen molar-refractivity contribution in [1.29, 1.82) is 0 Å². The van der Waals surface area contributed by atoms with E-state index in [1.54, 1.807) is 13.4 Å². The third kappa shape index (κ3) is 5.83. The Morgan fingerprint density at radius 2 is 1.56 bits per heavy atom. The van der Waals surface area contributed by atoms with Gasteiger partial charge in [-0.3, -0.25) is 0 Å². The molecule has 7 heteroatoms. The van der Waals surface area contributed by atoms with Gasteiger partial charge in [0.25, 0.3) is 0 Å². The lowest BCUT2D eigenvalue weighted by Crippen LogP contribution is -1.95. The molecule has 0 radical (unpaired) electrons. The Hall–Kier alpha value is -2.97. The first-order valence-electron chi connectivity index (χ1n) is 10.1. The number of nitrogens with zero attached hydrogens (tertiary/aromatic N) is 1. The van der Waals surface area contributed by atoms with Gasteiger partial charge in [0, 0.05) is 53.3 Å². The first-order valence-corrected chi connectivity index (χ1v) is 11.3. The SMILES string of the molecule is COc1ccc(Nc2ccc(Cc3c(C)n(C)c4ccccc34)cc2)cc1.CSOOO. The lowest BCUT2D eigenvalue weighted by molar-refractivity contribution is -0.432. The number of rotatable bonds is 7. The molecule has 0 spiro atoms. The van der Waals surface area contributed by atoms with Crippen molar-refractivity contribution in [3.05, 3.63) is 89.6 Å². The van der Waals surface area contributed by atoms with Gasteiger partial charge in [-0.15, -0.1) is 4.33 Å². The molecule has 1 heterocycles. The second kappa shape index (κ2) is 11.6. The fourth-order valence-corrected chi connectivity index (χ4v) is 3.66. The molecule has 32 heavy (non-hydrogen) atoms. The molecule has 0 saturated carbocycles. The second-order valence-electron chi connectivity index (χ2n) is 7.18. The first kappa shape index (κ1) is 23.7. The molecule has 6 nitrogen and oxygen atoms in total. The van der Waals surface area contributed by atoms with Crippen LogP contribution >= 0.6 is 12.0 Å². The number of benzene rings is 3. The van der Waals surface area contributed by atoms with Gasteiger partial charge in [0.2, 0.25) is 0 Å². The van der Waals surface area contributed by atoms with Crippen LogP contribution in [0.1, 0.15) is 16.8 Å². The van der Waals surface area contributed by atoms with E-state index in [-0.39, 0.29) is 0 Å². The third-order valence-electron chi connectivity index (χ3n) is 5.34. The van der Waals surface area contributed by atoms with Gasteiger partial charge in [-0.2, -0.15) is 0 Å².